The molecule has 4 N–H and O–H groups in total. The summed E-state index contributed by atoms with van der Waals surface area (Å²) in [6.45, 7) is 0. The fourth-order valence-corrected chi connectivity index (χ4v) is 2.77. The molecule has 0 atom stereocenters. The molecule has 0 radical (unpaired) electrons. The van der Waals surface area contributed by atoms with Gasteiger partial charge in [-0.05, 0) is 42.5 Å². The average Bonchev–Trinajstić information content (AvgIpc) is 2.45. The van der Waals surface area contributed by atoms with E-state index in [1.54, 1.807) is 0 Å². The second-order valence-corrected chi connectivity index (χ2v) is 7.07. The number of carbonyl (C=O) groups is 2. The van der Waals surface area contributed by atoms with Crippen molar-refractivity contribution in [3.05, 3.63) is 52.5 Å². The second kappa shape index (κ2) is 7.18. The summed E-state index contributed by atoms with van der Waals surface area (Å²) in [5.41, 5.74) is 0.490. The number of hydrogen-bond donors (Lipinski definition) is 3. The van der Waals surface area contributed by atoms with E-state index in [0.717, 1.165) is 0 Å². The first-order valence-electron chi connectivity index (χ1n) is 6.36. The highest BCUT2D eigenvalue weighted by atomic mass is 35.5. The van der Waals surface area contributed by atoms with Crippen molar-refractivity contribution in [1.29, 1.82) is 0 Å². The number of benzene rings is 2. The summed E-state index contributed by atoms with van der Waals surface area (Å²) < 4.78 is 22.3. The predicted molar refractivity (Wildman–Crippen MR) is 91.5 cm³/mol. The predicted octanol–water partition coefficient (Wildman–Crippen LogP) is 2.22. The monoisotopic (exact) mass is 387 g/mol. The molecule has 0 saturated carbocycles. The van der Waals surface area contributed by atoms with Crippen molar-refractivity contribution in [2.45, 2.75) is 4.90 Å². The van der Waals surface area contributed by atoms with Crippen molar-refractivity contribution in [3.63, 3.8) is 0 Å². The van der Waals surface area contributed by atoms with Crippen molar-refractivity contribution < 1.29 is 18.0 Å². The maximum Gasteiger partial charge on any atom is 0.314 e. The molecule has 0 aromatic heterocycles. The molecule has 24 heavy (non-hydrogen) atoms. The number of anilines is 2. The molecule has 0 heterocycles. The number of rotatable bonds is 3. The summed E-state index contributed by atoms with van der Waals surface area (Å²) in [5, 5.41) is 10.2. The Hall–Kier alpha value is -2.13. The van der Waals surface area contributed by atoms with Crippen LogP contribution in [-0.2, 0) is 19.6 Å². The molecule has 0 spiro atoms. The molecule has 2 aromatic carbocycles. The van der Waals surface area contributed by atoms with E-state index in [2.05, 4.69) is 10.6 Å². The van der Waals surface area contributed by atoms with E-state index < -0.39 is 21.8 Å². The summed E-state index contributed by atoms with van der Waals surface area (Å²) in [4.78, 5) is 23.6. The van der Waals surface area contributed by atoms with Gasteiger partial charge in [0.25, 0.3) is 0 Å². The fraction of sp³-hybridized carbons (Fsp3) is 0. The van der Waals surface area contributed by atoms with E-state index in [1.165, 1.54) is 42.5 Å². The number of carbonyl (C=O) groups excluding carboxylic acids is 2. The van der Waals surface area contributed by atoms with Crippen LogP contribution >= 0.6 is 23.2 Å². The van der Waals surface area contributed by atoms with E-state index in [0.29, 0.717) is 10.0 Å². The van der Waals surface area contributed by atoms with Gasteiger partial charge in [-0.25, -0.2) is 13.6 Å². The first kappa shape index (κ1) is 18.2. The Bertz CT molecular complexity index is 878. The molecular formula is C14H11Cl2N3O4S. The van der Waals surface area contributed by atoms with Crippen LogP contribution in [-0.4, -0.2) is 20.2 Å². The first-order chi connectivity index (χ1) is 11.1. The number of nitrogens with two attached hydrogens (primary N) is 1. The molecule has 0 aliphatic heterocycles. The largest absolute Gasteiger partial charge is 0.318 e. The van der Waals surface area contributed by atoms with Crippen molar-refractivity contribution in [2.75, 3.05) is 10.6 Å². The molecule has 10 heteroatoms. The van der Waals surface area contributed by atoms with Gasteiger partial charge in [0.15, 0.2) is 0 Å². The minimum Gasteiger partial charge on any atom is -0.318 e. The van der Waals surface area contributed by atoms with Gasteiger partial charge in [-0.3, -0.25) is 9.59 Å². The van der Waals surface area contributed by atoms with Crippen molar-refractivity contribution in [3.8, 4) is 0 Å². The zero-order valence-corrected chi connectivity index (χ0v) is 14.2. The van der Waals surface area contributed by atoms with Crippen LogP contribution < -0.4 is 15.8 Å². The number of sulfonamides is 1. The van der Waals surface area contributed by atoms with Gasteiger partial charge in [0.2, 0.25) is 10.0 Å². The Morgan fingerprint density at radius 2 is 1.29 bits per heavy atom. The molecule has 0 fully saturated rings. The lowest BCUT2D eigenvalue weighted by atomic mass is 10.3. The number of primary sulfonamides is 1. The van der Waals surface area contributed by atoms with Crippen LogP contribution in [0, 0.1) is 0 Å². The number of halogens is 2. The SMILES string of the molecule is NS(=O)(=O)c1ccc(NC(=O)C(=O)Nc2cc(Cl)cc(Cl)c2)cc1. The third-order valence-electron chi connectivity index (χ3n) is 2.77. The smallest absolute Gasteiger partial charge is 0.314 e. The molecule has 0 saturated heterocycles. The Morgan fingerprint density at radius 1 is 0.833 bits per heavy atom. The molecule has 0 bridgehead atoms. The highest BCUT2D eigenvalue weighted by Gasteiger charge is 2.15. The normalized spacial score (nSPS) is 11.0. The zero-order chi connectivity index (χ0) is 17.9. The van der Waals surface area contributed by atoms with Crippen molar-refractivity contribution in [2.24, 2.45) is 5.14 Å². The summed E-state index contributed by atoms with van der Waals surface area (Å²) >= 11 is 11.6. The first-order valence-corrected chi connectivity index (χ1v) is 8.67. The van der Waals surface area contributed by atoms with Crippen LogP contribution in [0.15, 0.2) is 47.4 Å². The molecule has 2 amide bonds. The van der Waals surface area contributed by atoms with Crippen molar-refractivity contribution in [1.82, 2.24) is 0 Å². The summed E-state index contributed by atoms with van der Waals surface area (Å²) in [6, 6.07) is 9.37. The molecule has 2 aromatic rings. The minimum atomic E-state index is -3.83. The highest BCUT2D eigenvalue weighted by molar-refractivity contribution is 7.89. The van der Waals surface area contributed by atoms with E-state index in [4.69, 9.17) is 28.3 Å². The van der Waals surface area contributed by atoms with E-state index in [9.17, 15) is 18.0 Å². The van der Waals surface area contributed by atoms with Gasteiger partial charge in [-0.2, -0.15) is 0 Å². The van der Waals surface area contributed by atoms with Crippen LogP contribution in [0.1, 0.15) is 0 Å². The Kier molecular flexibility index (Phi) is 5.45. The van der Waals surface area contributed by atoms with E-state index in [1.807, 2.05) is 0 Å². The zero-order valence-electron chi connectivity index (χ0n) is 11.9. The van der Waals surface area contributed by atoms with Gasteiger partial charge in [0.05, 0.1) is 4.90 Å². The maximum absolute atomic E-state index is 11.8. The molecule has 0 aliphatic rings. The van der Waals surface area contributed by atoms with Crippen LogP contribution in [0.25, 0.3) is 0 Å². The van der Waals surface area contributed by atoms with Gasteiger partial charge in [0, 0.05) is 21.4 Å². The fourth-order valence-electron chi connectivity index (χ4n) is 1.73. The Labute approximate surface area is 147 Å². The van der Waals surface area contributed by atoms with Gasteiger partial charge < -0.3 is 10.6 Å². The molecule has 0 unspecified atom stereocenters. The molecular weight excluding hydrogens is 377 g/mol. The minimum absolute atomic E-state index is 0.112. The molecule has 0 aliphatic carbocycles. The lowest BCUT2D eigenvalue weighted by Gasteiger charge is -2.08. The summed E-state index contributed by atoms with van der Waals surface area (Å²) in [7, 11) is -3.83. The maximum atomic E-state index is 11.8. The lowest BCUT2D eigenvalue weighted by molar-refractivity contribution is -0.132. The molecule has 2 rings (SSSR count). The number of nitrogens with one attached hydrogen (secondary N) is 2. The van der Waals surface area contributed by atoms with Gasteiger partial charge in [-0.1, -0.05) is 23.2 Å². The quantitative estimate of drug-likeness (QED) is 0.699. The molecule has 7 nitrogen and oxygen atoms in total. The van der Waals surface area contributed by atoms with Crippen LogP contribution in [0.4, 0.5) is 11.4 Å². The van der Waals surface area contributed by atoms with Crippen LogP contribution in [0.2, 0.25) is 10.0 Å². The summed E-state index contributed by atoms with van der Waals surface area (Å²) in [5.74, 6) is -1.89. The van der Waals surface area contributed by atoms with Gasteiger partial charge >= 0.3 is 11.8 Å². The average molecular weight is 388 g/mol. The lowest BCUT2D eigenvalue weighted by Crippen LogP contribution is -2.29. The van der Waals surface area contributed by atoms with Crippen LogP contribution in [0.3, 0.4) is 0 Å². The molecule has 126 valence electrons. The number of amides is 2. The van der Waals surface area contributed by atoms with Crippen molar-refractivity contribution >= 4 is 56.4 Å². The third kappa shape index (κ3) is 4.93. The second-order valence-electron chi connectivity index (χ2n) is 4.64. The van der Waals surface area contributed by atoms with Gasteiger partial charge in [-0.15, -0.1) is 0 Å². The van der Waals surface area contributed by atoms with Crippen LogP contribution in [0.5, 0.6) is 0 Å². The summed E-state index contributed by atoms with van der Waals surface area (Å²) in [6.07, 6.45) is 0. The van der Waals surface area contributed by atoms with E-state index >= 15 is 0 Å². The van der Waals surface area contributed by atoms with E-state index in [-0.39, 0.29) is 16.3 Å². The standard InChI is InChI=1S/C14H11Cl2N3O4S/c15-8-5-9(16)7-11(6-8)19-14(21)13(20)18-10-1-3-12(4-2-10)24(17,22)23/h1-7H,(H,18,20)(H,19,21)(H2,17,22,23). The van der Waals surface area contributed by atoms with Gasteiger partial charge in [0.1, 0.15) is 0 Å². The highest BCUT2D eigenvalue weighted by Crippen LogP contribution is 2.22. The Balaban J connectivity index is 2.05. The topological polar surface area (TPSA) is 118 Å². The number of hydrogen-bond acceptors (Lipinski definition) is 4. The Morgan fingerprint density at radius 3 is 1.75 bits per heavy atom. The third-order valence-corrected chi connectivity index (χ3v) is 4.13.